The molecule has 4 aromatic carbocycles. The molecule has 0 bridgehead atoms. The molecule has 0 aromatic heterocycles. The fourth-order valence-electron chi connectivity index (χ4n) is 9.66. The van der Waals surface area contributed by atoms with E-state index in [0.717, 1.165) is 59.6 Å². The summed E-state index contributed by atoms with van der Waals surface area (Å²) >= 11 is 0. The fraction of sp³-hybridized carbons (Fsp3) is 0.397. The third kappa shape index (κ3) is 16.3. The molecular formula is C63H64O12. The van der Waals surface area contributed by atoms with Gasteiger partial charge < -0.3 is 28.4 Å². The number of terminal acetylenes is 1. The van der Waals surface area contributed by atoms with Crippen LogP contribution in [0.25, 0.3) is 0 Å². The maximum atomic E-state index is 13.9. The number of esters is 6. The largest absolute Gasteiger partial charge is 0.465 e. The third-order valence-corrected chi connectivity index (χ3v) is 14.3. The first-order valence-electron chi connectivity index (χ1n) is 26.1. The van der Waals surface area contributed by atoms with Gasteiger partial charge in [0.05, 0.1) is 35.8 Å². The van der Waals surface area contributed by atoms with Gasteiger partial charge in [-0.3, -0.25) is 19.2 Å². The minimum atomic E-state index is -1.11. The van der Waals surface area contributed by atoms with Crippen LogP contribution in [0.1, 0.15) is 154 Å². The molecule has 0 amide bonds. The Labute approximate surface area is 440 Å². The van der Waals surface area contributed by atoms with E-state index in [0.29, 0.717) is 95.2 Å². The number of rotatable bonds is 17. The molecule has 0 heterocycles. The molecule has 3 aliphatic carbocycles. The van der Waals surface area contributed by atoms with Gasteiger partial charge in [-0.05, 0) is 186 Å². The van der Waals surface area contributed by atoms with Gasteiger partial charge in [0.1, 0.15) is 11.5 Å². The quantitative estimate of drug-likeness (QED) is 0.0188. The van der Waals surface area contributed by atoms with Crippen LogP contribution in [0.5, 0.6) is 11.5 Å². The van der Waals surface area contributed by atoms with E-state index in [2.05, 4.69) is 43.1 Å². The summed E-state index contributed by atoms with van der Waals surface area (Å²) in [5, 5.41) is 0. The van der Waals surface area contributed by atoms with Gasteiger partial charge in [0.25, 0.3) is 0 Å². The molecule has 3 fully saturated rings. The summed E-state index contributed by atoms with van der Waals surface area (Å²) in [4.78, 5) is 76.5. The van der Waals surface area contributed by atoms with Crippen molar-refractivity contribution in [1.29, 1.82) is 0 Å². The van der Waals surface area contributed by atoms with Crippen LogP contribution in [0.2, 0.25) is 0 Å². The summed E-state index contributed by atoms with van der Waals surface area (Å²) in [5.74, 6) is 12.5. The van der Waals surface area contributed by atoms with Crippen molar-refractivity contribution in [2.75, 3.05) is 13.4 Å². The van der Waals surface area contributed by atoms with Gasteiger partial charge in [-0.1, -0.05) is 68.6 Å². The number of carbonyl (C=O) groups excluding carboxylic acids is 6. The van der Waals surface area contributed by atoms with E-state index >= 15 is 0 Å². The van der Waals surface area contributed by atoms with Gasteiger partial charge in [-0.15, -0.1) is 6.42 Å². The van der Waals surface area contributed by atoms with Crippen molar-refractivity contribution >= 4 is 35.8 Å². The minimum Gasteiger partial charge on any atom is -0.465 e. The molecule has 12 nitrogen and oxygen atoms in total. The second-order valence-electron chi connectivity index (χ2n) is 19.5. The molecule has 75 heavy (non-hydrogen) atoms. The Morgan fingerprint density at radius 1 is 0.560 bits per heavy atom. The molecule has 0 aliphatic heterocycles. The van der Waals surface area contributed by atoms with E-state index in [1.165, 1.54) is 0 Å². The summed E-state index contributed by atoms with van der Waals surface area (Å²) in [5.41, 5.74) is 3.41. The highest BCUT2D eigenvalue weighted by atomic mass is 16.7. The normalized spacial score (nSPS) is 20.9. The van der Waals surface area contributed by atoms with Gasteiger partial charge in [0, 0.05) is 28.3 Å². The lowest BCUT2D eigenvalue weighted by molar-refractivity contribution is -0.169. The van der Waals surface area contributed by atoms with Crippen molar-refractivity contribution in [3.8, 4) is 47.5 Å². The Bertz CT molecular complexity index is 2790. The lowest BCUT2D eigenvalue weighted by Crippen LogP contribution is -2.37. The Balaban J connectivity index is 0.952. The Hall–Kier alpha value is -7.88. The van der Waals surface area contributed by atoms with E-state index in [9.17, 15) is 28.8 Å². The van der Waals surface area contributed by atoms with Crippen LogP contribution in [-0.4, -0.2) is 54.8 Å². The van der Waals surface area contributed by atoms with Gasteiger partial charge in [0.15, 0.2) is 5.60 Å². The molecule has 0 spiro atoms. The van der Waals surface area contributed by atoms with Crippen LogP contribution in [0.4, 0.5) is 0 Å². The zero-order valence-corrected chi connectivity index (χ0v) is 42.6. The molecule has 0 unspecified atom stereocenters. The molecule has 4 aromatic rings. The van der Waals surface area contributed by atoms with E-state index < -0.39 is 30.3 Å². The monoisotopic (exact) mass is 1010 g/mol. The average molecular weight is 1010 g/mol. The Morgan fingerprint density at radius 3 is 1.52 bits per heavy atom. The Morgan fingerprint density at radius 2 is 1.03 bits per heavy atom. The van der Waals surface area contributed by atoms with E-state index in [4.69, 9.17) is 34.8 Å². The smallest absolute Gasteiger partial charge is 0.339 e. The van der Waals surface area contributed by atoms with Gasteiger partial charge >= 0.3 is 35.8 Å². The minimum absolute atomic E-state index is 0.123. The van der Waals surface area contributed by atoms with Crippen LogP contribution >= 0.6 is 0 Å². The van der Waals surface area contributed by atoms with Crippen molar-refractivity contribution in [2.45, 2.75) is 121 Å². The predicted octanol–water partition coefficient (Wildman–Crippen LogP) is 11.1. The maximum absolute atomic E-state index is 13.9. The average Bonchev–Trinajstić information content (AvgIpc) is 3.45. The second kappa shape index (κ2) is 27.4. The summed E-state index contributed by atoms with van der Waals surface area (Å²) < 4.78 is 33.1. The molecule has 0 atom stereocenters. The molecular weight excluding hydrogens is 949 g/mol. The SMILES string of the molecule is C#Cc1ccc(C#Cc2ccc(C#CC3(OC(=O)c4ccc(OC(=O)C5CCC(C(=O)OCCCCCC)CC5)cc4)CCC(c4ccc(OC(=O)C5CCC(C(=O)OCOC(=O)C=C)CC5)cc4)CC3)cc2)cc1. The first-order valence-corrected chi connectivity index (χ1v) is 26.1. The molecule has 0 saturated heterocycles. The number of carbonyl (C=O) groups is 6. The third-order valence-electron chi connectivity index (χ3n) is 14.3. The van der Waals surface area contributed by atoms with Gasteiger partial charge in [-0.25, -0.2) is 9.59 Å². The lowest BCUT2D eigenvalue weighted by atomic mass is 9.76. The molecule has 0 radical (unpaired) electrons. The molecule has 7 rings (SSSR count). The van der Waals surface area contributed by atoms with Crippen LogP contribution in [0.3, 0.4) is 0 Å². The highest BCUT2D eigenvalue weighted by molar-refractivity contribution is 5.90. The number of hydrogen-bond acceptors (Lipinski definition) is 12. The first kappa shape index (κ1) is 54.9. The molecule has 12 heteroatoms. The van der Waals surface area contributed by atoms with Crippen molar-refractivity contribution in [2.24, 2.45) is 23.7 Å². The summed E-state index contributed by atoms with van der Waals surface area (Å²) in [6.45, 7) is 5.40. The fourth-order valence-corrected chi connectivity index (χ4v) is 9.66. The van der Waals surface area contributed by atoms with E-state index in [-0.39, 0.29) is 53.1 Å². The van der Waals surface area contributed by atoms with Crippen molar-refractivity contribution in [3.05, 3.63) is 143 Å². The Kier molecular flexibility index (Phi) is 20.1. The molecule has 3 aliphatic rings. The lowest BCUT2D eigenvalue weighted by Gasteiger charge is -2.36. The molecule has 3 saturated carbocycles. The van der Waals surface area contributed by atoms with E-state index in [1.54, 1.807) is 36.4 Å². The topological polar surface area (TPSA) is 158 Å². The summed E-state index contributed by atoms with van der Waals surface area (Å²) in [7, 11) is 0. The number of ether oxygens (including phenoxy) is 6. The van der Waals surface area contributed by atoms with Crippen LogP contribution in [0, 0.1) is 59.7 Å². The summed E-state index contributed by atoms with van der Waals surface area (Å²) in [6, 6.07) is 28.8. The first-order chi connectivity index (χ1) is 36.4. The van der Waals surface area contributed by atoms with Crippen molar-refractivity contribution in [1.82, 2.24) is 0 Å². The summed E-state index contributed by atoms with van der Waals surface area (Å²) in [6.07, 6.45) is 16.9. The molecule has 0 N–H and O–H groups in total. The zero-order chi connectivity index (χ0) is 53.0. The highest BCUT2D eigenvalue weighted by Gasteiger charge is 2.39. The predicted molar refractivity (Wildman–Crippen MR) is 280 cm³/mol. The van der Waals surface area contributed by atoms with Crippen molar-refractivity contribution in [3.63, 3.8) is 0 Å². The van der Waals surface area contributed by atoms with Gasteiger partial charge in [0.2, 0.25) is 6.79 Å². The molecule has 388 valence electrons. The van der Waals surface area contributed by atoms with Crippen LogP contribution in [0.15, 0.2) is 110 Å². The van der Waals surface area contributed by atoms with Crippen LogP contribution in [-0.2, 0) is 42.9 Å². The highest BCUT2D eigenvalue weighted by Crippen LogP contribution is 2.41. The number of unbranched alkanes of at least 4 members (excludes halogenated alkanes) is 3. The van der Waals surface area contributed by atoms with Crippen LogP contribution < -0.4 is 9.47 Å². The maximum Gasteiger partial charge on any atom is 0.339 e. The van der Waals surface area contributed by atoms with Crippen molar-refractivity contribution < 1.29 is 57.2 Å². The van der Waals surface area contributed by atoms with E-state index in [1.807, 2.05) is 60.7 Å². The number of hydrogen-bond donors (Lipinski definition) is 0. The van der Waals surface area contributed by atoms with Gasteiger partial charge in [-0.2, -0.15) is 0 Å². The standard InChI is InChI=1S/C63H64O12/c1-4-7-8-9-42-70-58(65)50-20-24-52(25-21-50)61(68)74-56-34-30-54(31-35-56)62(69)75-63(39-36-47-18-16-46(17-19-47)15-14-45-12-10-44(5-2)11-13-45)40-37-49(38-41-63)48-28-32-55(33-29-48)73-60(67)53-26-22-51(23-27-53)59(66)72-43-71-57(64)6-3/h2,6,10-13,16-19,28-35,49-53H,3-4,7-9,20-27,37-38,40-43H2,1H3. The second-order valence-corrected chi connectivity index (χ2v) is 19.5. The number of benzene rings is 4. The zero-order valence-electron chi connectivity index (χ0n) is 42.6.